The van der Waals surface area contributed by atoms with Gasteiger partial charge in [-0.25, -0.2) is 0 Å². The molecular weight excluding hydrogens is 504 g/mol. The molecule has 4 aromatic carbocycles. The molecule has 0 aliphatic carbocycles. The third-order valence-corrected chi connectivity index (χ3v) is 7.83. The molecule has 0 saturated heterocycles. The normalized spacial score (nSPS) is 17.5. The third kappa shape index (κ3) is 3.27. The average molecular weight is 529 g/mol. The molecule has 0 bridgehead atoms. The number of amides is 2. The zero-order chi connectivity index (χ0) is 27.4. The molecule has 2 amide bonds. The Labute approximate surface area is 229 Å². The fourth-order valence-corrected chi connectivity index (χ4v) is 6.00. The van der Waals surface area contributed by atoms with Crippen LogP contribution in [0, 0.1) is 0 Å². The number of hydrogen-bond acceptors (Lipinski definition) is 5. The van der Waals surface area contributed by atoms with Gasteiger partial charge >= 0.3 is 0 Å². The van der Waals surface area contributed by atoms with Crippen LogP contribution in [0.3, 0.4) is 0 Å². The van der Waals surface area contributed by atoms with Crippen LogP contribution in [0.4, 0.5) is 5.69 Å². The van der Waals surface area contributed by atoms with Crippen LogP contribution in [0.2, 0.25) is 0 Å². The van der Waals surface area contributed by atoms with Gasteiger partial charge in [-0.1, -0.05) is 72.8 Å². The molecule has 3 heterocycles. The molecular formula is C33H24N2O5. The smallest absolute Gasteiger partial charge is 0.291 e. The van der Waals surface area contributed by atoms with Gasteiger partial charge in [0.1, 0.15) is 11.3 Å². The molecule has 5 aromatic rings. The predicted octanol–water partition coefficient (Wildman–Crippen LogP) is 5.25. The van der Waals surface area contributed by atoms with E-state index in [-0.39, 0.29) is 35.7 Å². The number of anilines is 1. The van der Waals surface area contributed by atoms with E-state index in [1.165, 1.54) is 4.90 Å². The van der Waals surface area contributed by atoms with E-state index in [1.54, 1.807) is 48.4 Å². The number of fused-ring (bicyclic) bond motifs is 5. The van der Waals surface area contributed by atoms with Crippen LogP contribution in [0.15, 0.2) is 112 Å². The maximum Gasteiger partial charge on any atom is 0.291 e. The minimum absolute atomic E-state index is 0.0673. The Balaban J connectivity index is 1.49. The Morgan fingerprint density at radius 2 is 1.43 bits per heavy atom. The van der Waals surface area contributed by atoms with Gasteiger partial charge in [-0.15, -0.1) is 0 Å². The summed E-state index contributed by atoms with van der Waals surface area (Å²) in [6.45, 7) is 0.374. The monoisotopic (exact) mass is 528 g/mol. The summed E-state index contributed by atoms with van der Waals surface area (Å²) in [5, 5.41) is 0.325. The van der Waals surface area contributed by atoms with E-state index in [2.05, 4.69) is 0 Å². The van der Waals surface area contributed by atoms with Crippen molar-refractivity contribution < 1.29 is 18.7 Å². The van der Waals surface area contributed by atoms with E-state index < -0.39 is 11.4 Å². The Kier molecular flexibility index (Phi) is 5.35. The van der Waals surface area contributed by atoms with E-state index in [4.69, 9.17) is 9.15 Å². The number of methoxy groups -OCH3 is 1. The molecule has 0 N–H and O–H groups in total. The molecule has 0 unspecified atom stereocenters. The van der Waals surface area contributed by atoms with Crippen molar-refractivity contribution in [3.63, 3.8) is 0 Å². The van der Waals surface area contributed by atoms with Gasteiger partial charge in [0.25, 0.3) is 11.8 Å². The average Bonchev–Trinajstić information content (AvgIpc) is 3.38. The van der Waals surface area contributed by atoms with Crippen LogP contribution < -0.4 is 15.1 Å². The van der Waals surface area contributed by atoms with Crippen molar-refractivity contribution in [2.24, 2.45) is 0 Å². The number of hydrogen-bond donors (Lipinski definition) is 0. The zero-order valence-corrected chi connectivity index (χ0v) is 21.7. The number of para-hydroxylation sites is 2. The Hall–Kier alpha value is -5.17. The highest BCUT2D eigenvalue weighted by atomic mass is 16.5. The second-order valence-corrected chi connectivity index (χ2v) is 9.98. The van der Waals surface area contributed by atoms with Crippen LogP contribution in [-0.2, 0) is 23.4 Å². The van der Waals surface area contributed by atoms with Crippen molar-refractivity contribution in [1.82, 2.24) is 4.90 Å². The molecule has 7 nitrogen and oxygen atoms in total. The van der Waals surface area contributed by atoms with Gasteiger partial charge in [-0.3, -0.25) is 14.4 Å². The standard InChI is InChI=1S/C33H24N2O5/c1-39-23-17-15-22(16-18-23)20-35-31(37)30-28(29(36)24-11-5-8-14-27(24)40-30)33(35)25-12-6-7-13-26(25)34(32(33)38)19-21-9-3-2-4-10-21/h2-18H,19-20H2,1H3/t33-/m0/s1. The fraction of sp³-hybridized carbons (Fsp3) is 0.121. The molecule has 7 rings (SSSR count). The number of carbonyl (C=O) groups excluding carboxylic acids is 2. The maximum atomic E-state index is 14.8. The van der Waals surface area contributed by atoms with Crippen LogP contribution in [0.5, 0.6) is 5.75 Å². The highest BCUT2D eigenvalue weighted by Gasteiger charge is 2.64. The Bertz CT molecular complexity index is 1860. The molecule has 7 heteroatoms. The first-order valence-corrected chi connectivity index (χ1v) is 13.0. The van der Waals surface area contributed by atoms with E-state index in [1.807, 2.05) is 66.7 Å². The SMILES string of the molecule is COc1ccc(CN2C(=O)c3oc4ccccc4c(=O)c3[C@@]23C(=O)N(Cc2ccccc2)c2ccccc23)cc1. The zero-order valence-electron chi connectivity index (χ0n) is 21.7. The topological polar surface area (TPSA) is 80.1 Å². The molecule has 0 saturated carbocycles. The summed E-state index contributed by atoms with van der Waals surface area (Å²) in [5.74, 6) is -0.282. The molecule has 196 valence electrons. The van der Waals surface area contributed by atoms with Crippen molar-refractivity contribution in [1.29, 1.82) is 0 Å². The lowest BCUT2D eigenvalue weighted by atomic mass is 9.83. The van der Waals surface area contributed by atoms with Gasteiger partial charge in [0.2, 0.25) is 5.76 Å². The number of nitrogens with zero attached hydrogens (tertiary/aromatic N) is 2. The van der Waals surface area contributed by atoms with E-state index in [9.17, 15) is 14.4 Å². The summed E-state index contributed by atoms with van der Waals surface area (Å²) >= 11 is 0. The van der Waals surface area contributed by atoms with Crippen LogP contribution in [0.1, 0.15) is 32.8 Å². The first-order chi connectivity index (χ1) is 19.5. The van der Waals surface area contributed by atoms with E-state index >= 15 is 0 Å². The molecule has 2 aliphatic heterocycles. The summed E-state index contributed by atoms with van der Waals surface area (Å²) in [5.41, 5.74) is 1.27. The maximum absolute atomic E-state index is 14.8. The number of ether oxygens (including phenoxy) is 1. The summed E-state index contributed by atoms with van der Waals surface area (Å²) < 4.78 is 11.4. The summed E-state index contributed by atoms with van der Waals surface area (Å²) in [4.78, 5) is 46.4. The first-order valence-electron chi connectivity index (χ1n) is 13.0. The number of rotatable bonds is 5. The molecule has 1 aromatic heterocycles. The molecule has 0 radical (unpaired) electrons. The minimum Gasteiger partial charge on any atom is -0.497 e. The van der Waals surface area contributed by atoms with Gasteiger partial charge in [0.05, 0.1) is 30.3 Å². The fourth-order valence-electron chi connectivity index (χ4n) is 6.00. The van der Waals surface area contributed by atoms with E-state index in [0.29, 0.717) is 28.0 Å². The quantitative estimate of drug-likeness (QED) is 0.311. The molecule has 2 aliphatic rings. The van der Waals surface area contributed by atoms with Gasteiger partial charge in [-0.2, -0.15) is 0 Å². The first kappa shape index (κ1) is 23.9. The van der Waals surface area contributed by atoms with Crippen LogP contribution in [-0.4, -0.2) is 23.8 Å². The summed E-state index contributed by atoms with van der Waals surface area (Å²) in [6, 6.07) is 31.2. The Morgan fingerprint density at radius 1 is 0.750 bits per heavy atom. The number of carbonyl (C=O) groups is 2. The van der Waals surface area contributed by atoms with Gasteiger partial charge in [0, 0.05) is 12.1 Å². The minimum atomic E-state index is -1.68. The van der Waals surface area contributed by atoms with Crippen molar-refractivity contribution in [3.05, 3.63) is 141 Å². The second kappa shape index (κ2) is 8.95. The van der Waals surface area contributed by atoms with Crippen molar-refractivity contribution in [2.45, 2.75) is 18.6 Å². The van der Waals surface area contributed by atoms with E-state index in [0.717, 1.165) is 11.1 Å². The third-order valence-electron chi connectivity index (χ3n) is 7.83. The number of benzene rings is 4. The van der Waals surface area contributed by atoms with Gasteiger partial charge in [0.15, 0.2) is 11.0 Å². The summed E-state index contributed by atoms with van der Waals surface area (Å²) in [7, 11) is 1.59. The lowest BCUT2D eigenvalue weighted by Gasteiger charge is -2.34. The molecule has 1 spiro atoms. The predicted molar refractivity (Wildman–Crippen MR) is 150 cm³/mol. The lowest BCUT2D eigenvalue weighted by molar-refractivity contribution is -0.126. The van der Waals surface area contributed by atoms with Crippen molar-refractivity contribution >= 4 is 28.5 Å². The van der Waals surface area contributed by atoms with Crippen molar-refractivity contribution in [2.75, 3.05) is 12.0 Å². The highest BCUT2D eigenvalue weighted by Crippen LogP contribution is 2.53. The molecule has 0 fully saturated rings. The molecule has 40 heavy (non-hydrogen) atoms. The second-order valence-electron chi connectivity index (χ2n) is 9.98. The summed E-state index contributed by atoms with van der Waals surface area (Å²) in [6.07, 6.45) is 0. The van der Waals surface area contributed by atoms with Crippen LogP contribution in [0.25, 0.3) is 11.0 Å². The largest absolute Gasteiger partial charge is 0.497 e. The molecule has 1 atom stereocenters. The van der Waals surface area contributed by atoms with Crippen LogP contribution >= 0.6 is 0 Å². The Morgan fingerprint density at radius 3 is 2.20 bits per heavy atom. The lowest BCUT2D eigenvalue weighted by Crippen LogP contribution is -2.52. The highest BCUT2D eigenvalue weighted by molar-refractivity contribution is 6.17. The van der Waals surface area contributed by atoms with Gasteiger partial charge < -0.3 is 19.0 Å². The van der Waals surface area contributed by atoms with Crippen molar-refractivity contribution in [3.8, 4) is 5.75 Å². The van der Waals surface area contributed by atoms with Gasteiger partial charge in [-0.05, 0) is 41.5 Å².